The van der Waals surface area contributed by atoms with E-state index in [1.54, 1.807) is 31.2 Å². The molecule has 0 aliphatic carbocycles. The summed E-state index contributed by atoms with van der Waals surface area (Å²) in [6.07, 6.45) is -1.75. The molecule has 0 radical (unpaired) electrons. The topological polar surface area (TPSA) is 77.0 Å². The summed E-state index contributed by atoms with van der Waals surface area (Å²) in [6, 6.07) is 10.1. The molecule has 28 heavy (non-hydrogen) atoms. The summed E-state index contributed by atoms with van der Waals surface area (Å²) in [5.74, 6) is -0.618. The summed E-state index contributed by atoms with van der Waals surface area (Å²) in [6.45, 7) is 1.94. The van der Waals surface area contributed by atoms with Gasteiger partial charge in [-0.25, -0.2) is 14.8 Å². The normalized spacial score (nSPS) is 11.1. The van der Waals surface area contributed by atoms with Crippen LogP contribution in [0.3, 0.4) is 0 Å². The summed E-state index contributed by atoms with van der Waals surface area (Å²) < 4.78 is 44.6. The van der Waals surface area contributed by atoms with Crippen molar-refractivity contribution in [1.29, 1.82) is 0 Å². The molecule has 1 N–H and O–H groups in total. The molecule has 144 valence electrons. The molecule has 9 heteroatoms. The van der Waals surface area contributed by atoms with E-state index in [0.717, 1.165) is 6.07 Å². The lowest BCUT2D eigenvalue weighted by molar-refractivity contribution is -0.141. The van der Waals surface area contributed by atoms with Crippen LogP contribution in [0.1, 0.15) is 23.0 Å². The van der Waals surface area contributed by atoms with Crippen molar-refractivity contribution in [3.8, 4) is 11.4 Å². The Hall–Kier alpha value is -3.49. The maximum atomic E-state index is 13.2. The monoisotopic (exact) mass is 388 g/mol. The van der Waals surface area contributed by atoms with Gasteiger partial charge in [0.05, 0.1) is 12.2 Å². The van der Waals surface area contributed by atoms with Gasteiger partial charge in [-0.1, -0.05) is 0 Å². The van der Waals surface area contributed by atoms with Gasteiger partial charge in [0.2, 0.25) is 0 Å². The summed E-state index contributed by atoms with van der Waals surface area (Å²) in [5, 5.41) is 2.80. The van der Waals surface area contributed by atoms with Crippen molar-refractivity contribution in [2.24, 2.45) is 0 Å². The second kappa shape index (κ2) is 8.03. The predicted octanol–water partition coefficient (Wildman–Crippen LogP) is 4.48. The van der Waals surface area contributed by atoms with Crippen LogP contribution in [-0.4, -0.2) is 27.5 Å². The van der Waals surface area contributed by atoms with Crippen LogP contribution < -0.4 is 5.32 Å². The quantitative estimate of drug-likeness (QED) is 0.650. The van der Waals surface area contributed by atoms with E-state index in [1.807, 2.05) is 0 Å². The van der Waals surface area contributed by atoms with Crippen LogP contribution in [-0.2, 0) is 10.9 Å². The first kappa shape index (κ1) is 19.3. The van der Waals surface area contributed by atoms with Crippen molar-refractivity contribution in [2.45, 2.75) is 13.1 Å². The van der Waals surface area contributed by atoms with E-state index < -0.39 is 17.8 Å². The average Bonchev–Trinajstić information content (AvgIpc) is 2.68. The summed E-state index contributed by atoms with van der Waals surface area (Å²) in [4.78, 5) is 23.3. The van der Waals surface area contributed by atoms with Gasteiger partial charge in [-0.15, -0.1) is 0 Å². The number of aromatic nitrogens is 3. The number of hydrogen-bond acceptors (Lipinski definition) is 6. The summed E-state index contributed by atoms with van der Waals surface area (Å²) >= 11 is 0. The molecule has 0 aliphatic rings. The van der Waals surface area contributed by atoms with E-state index in [1.165, 1.54) is 24.5 Å². The lowest BCUT2D eigenvalue weighted by Gasteiger charge is -2.12. The van der Waals surface area contributed by atoms with Gasteiger partial charge in [0.15, 0.2) is 11.5 Å². The number of anilines is 2. The molecule has 0 bridgehead atoms. The van der Waals surface area contributed by atoms with Crippen molar-refractivity contribution in [3.05, 3.63) is 66.1 Å². The van der Waals surface area contributed by atoms with Crippen LogP contribution in [0.15, 0.2) is 54.9 Å². The van der Waals surface area contributed by atoms with Gasteiger partial charge in [0, 0.05) is 29.7 Å². The Labute approximate surface area is 158 Å². The minimum atomic E-state index is -4.63. The lowest BCUT2D eigenvalue weighted by Crippen LogP contribution is -2.11. The third kappa shape index (κ3) is 4.61. The fraction of sp³-hybridized carbons (Fsp3) is 0.158. The number of nitrogens with one attached hydrogen (secondary N) is 1. The molecule has 1 aromatic carbocycles. The Morgan fingerprint density at radius 1 is 1.14 bits per heavy atom. The number of alkyl halides is 3. The fourth-order valence-electron chi connectivity index (χ4n) is 2.33. The molecule has 6 nitrogen and oxygen atoms in total. The molecular formula is C19H15F3N4O2. The highest BCUT2D eigenvalue weighted by Crippen LogP contribution is 2.31. The maximum absolute atomic E-state index is 13.2. The minimum Gasteiger partial charge on any atom is -0.462 e. The number of benzene rings is 1. The van der Waals surface area contributed by atoms with E-state index in [4.69, 9.17) is 4.74 Å². The summed E-state index contributed by atoms with van der Waals surface area (Å²) in [5.41, 5.74) is 0.0698. The zero-order valence-corrected chi connectivity index (χ0v) is 14.7. The van der Waals surface area contributed by atoms with E-state index in [-0.39, 0.29) is 18.2 Å². The van der Waals surface area contributed by atoms with Crippen molar-refractivity contribution in [2.75, 3.05) is 11.9 Å². The number of rotatable bonds is 5. The Balaban J connectivity index is 1.92. The van der Waals surface area contributed by atoms with Gasteiger partial charge >= 0.3 is 12.1 Å². The molecular weight excluding hydrogens is 373 g/mol. The lowest BCUT2D eigenvalue weighted by atomic mass is 10.2. The SMILES string of the molecule is CCOC(=O)c1ccc(Nc2cc(C(F)(F)F)nc(-c3cccnc3)n2)cc1. The molecule has 3 rings (SSSR count). The predicted molar refractivity (Wildman–Crippen MR) is 95.9 cm³/mol. The first-order valence-electron chi connectivity index (χ1n) is 8.27. The van der Waals surface area contributed by atoms with E-state index >= 15 is 0 Å². The van der Waals surface area contributed by atoms with Gasteiger partial charge in [-0.3, -0.25) is 4.98 Å². The van der Waals surface area contributed by atoms with E-state index in [0.29, 0.717) is 16.8 Å². The molecule has 3 aromatic rings. The van der Waals surface area contributed by atoms with Gasteiger partial charge in [0.1, 0.15) is 5.82 Å². The van der Waals surface area contributed by atoms with E-state index in [9.17, 15) is 18.0 Å². The highest BCUT2D eigenvalue weighted by Gasteiger charge is 2.34. The number of halogens is 3. The number of esters is 1. The summed E-state index contributed by atoms with van der Waals surface area (Å²) in [7, 11) is 0. The smallest absolute Gasteiger partial charge is 0.433 e. The van der Waals surface area contributed by atoms with Crippen LogP contribution in [0.4, 0.5) is 24.7 Å². The van der Waals surface area contributed by atoms with Gasteiger partial charge in [0.25, 0.3) is 0 Å². The molecule has 0 saturated carbocycles. The first-order chi connectivity index (χ1) is 13.4. The first-order valence-corrected chi connectivity index (χ1v) is 8.27. The Morgan fingerprint density at radius 3 is 2.50 bits per heavy atom. The van der Waals surface area contributed by atoms with Crippen LogP contribution in [0.5, 0.6) is 0 Å². The van der Waals surface area contributed by atoms with Crippen molar-refractivity contribution < 1.29 is 22.7 Å². The molecule has 0 saturated heterocycles. The third-order valence-electron chi connectivity index (χ3n) is 3.60. The van der Waals surface area contributed by atoms with Crippen molar-refractivity contribution >= 4 is 17.5 Å². The standard InChI is InChI=1S/C19H15F3N4O2/c1-2-28-18(27)12-5-7-14(8-6-12)24-16-10-15(19(20,21)22)25-17(26-16)13-4-3-9-23-11-13/h3-11H,2H2,1H3,(H,24,25,26). The molecule has 0 spiro atoms. The largest absolute Gasteiger partial charge is 0.462 e. The van der Waals surface area contributed by atoms with Gasteiger partial charge in [-0.05, 0) is 43.3 Å². The molecule has 0 atom stereocenters. The van der Waals surface area contributed by atoms with E-state index in [2.05, 4.69) is 20.3 Å². The fourth-order valence-corrected chi connectivity index (χ4v) is 2.33. The zero-order chi connectivity index (χ0) is 20.1. The van der Waals surface area contributed by atoms with Crippen LogP contribution in [0.2, 0.25) is 0 Å². The molecule has 2 heterocycles. The average molecular weight is 388 g/mol. The second-order valence-corrected chi connectivity index (χ2v) is 5.62. The third-order valence-corrected chi connectivity index (χ3v) is 3.60. The minimum absolute atomic E-state index is 0.0370. The van der Waals surface area contributed by atoms with Crippen LogP contribution in [0, 0.1) is 0 Å². The highest BCUT2D eigenvalue weighted by molar-refractivity contribution is 5.89. The van der Waals surface area contributed by atoms with Crippen LogP contribution >= 0.6 is 0 Å². The number of carbonyl (C=O) groups is 1. The molecule has 0 aliphatic heterocycles. The number of carbonyl (C=O) groups excluding carboxylic acids is 1. The molecule has 2 aromatic heterocycles. The maximum Gasteiger partial charge on any atom is 0.433 e. The number of pyridine rings is 1. The molecule has 0 unspecified atom stereocenters. The molecule has 0 amide bonds. The number of hydrogen-bond donors (Lipinski definition) is 1. The molecule has 0 fully saturated rings. The highest BCUT2D eigenvalue weighted by atomic mass is 19.4. The Bertz CT molecular complexity index is 961. The zero-order valence-electron chi connectivity index (χ0n) is 14.7. The van der Waals surface area contributed by atoms with Crippen molar-refractivity contribution in [3.63, 3.8) is 0 Å². The Kier molecular flexibility index (Phi) is 5.53. The second-order valence-electron chi connectivity index (χ2n) is 5.62. The number of nitrogens with zero attached hydrogens (tertiary/aromatic N) is 3. The number of ether oxygens (including phenoxy) is 1. The van der Waals surface area contributed by atoms with Crippen LogP contribution in [0.25, 0.3) is 11.4 Å². The van der Waals surface area contributed by atoms with Crippen molar-refractivity contribution in [1.82, 2.24) is 15.0 Å². The Morgan fingerprint density at radius 2 is 1.89 bits per heavy atom. The van der Waals surface area contributed by atoms with Gasteiger partial charge < -0.3 is 10.1 Å². The van der Waals surface area contributed by atoms with Gasteiger partial charge in [-0.2, -0.15) is 13.2 Å².